The topological polar surface area (TPSA) is 68.5 Å². The third-order valence-corrected chi connectivity index (χ3v) is 2.37. The summed E-state index contributed by atoms with van der Waals surface area (Å²) < 4.78 is 15.4. The SMILES string of the molecule is CCOc1cc(/C=C/C(=O)O[C@H](C)C#N)ccc1OC. The van der Waals surface area contributed by atoms with Gasteiger partial charge in [0, 0.05) is 6.08 Å². The van der Waals surface area contributed by atoms with Crippen LogP contribution in [0.25, 0.3) is 6.08 Å². The number of hydrogen-bond donors (Lipinski definition) is 0. The zero-order valence-corrected chi connectivity index (χ0v) is 11.8. The molecule has 106 valence electrons. The van der Waals surface area contributed by atoms with Crippen LogP contribution in [-0.2, 0) is 9.53 Å². The van der Waals surface area contributed by atoms with Crippen molar-refractivity contribution in [2.45, 2.75) is 20.0 Å². The zero-order valence-electron chi connectivity index (χ0n) is 11.8. The van der Waals surface area contributed by atoms with Crippen molar-refractivity contribution < 1.29 is 19.0 Å². The Kier molecular flexibility index (Phi) is 6.11. The molecule has 20 heavy (non-hydrogen) atoms. The molecule has 5 nitrogen and oxygen atoms in total. The summed E-state index contributed by atoms with van der Waals surface area (Å²) in [5.74, 6) is 0.674. The van der Waals surface area contributed by atoms with Crippen LogP contribution in [0.3, 0.4) is 0 Å². The molecular weight excluding hydrogens is 258 g/mol. The Hall–Kier alpha value is -2.48. The molecule has 0 aliphatic carbocycles. The van der Waals surface area contributed by atoms with E-state index in [-0.39, 0.29) is 0 Å². The highest BCUT2D eigenvalue weighted by Gasteiger charge is 2.06. The summed E-state index contributed by atoms with van der Waals surface area (Å²) in [6, 6.07) is 7.13. The quantitative estimate of drug-likeness (QED) is 0.589. The summed E-state index contributed by atoms with van der Waals surface area (Å²) >= 11 is 0. The van der Waals surface area contributed by atoms with Gasteiger partial charge in [-0.15, -0.1) is 0 Å². The monoisotopic (exact) mass is 275 g/mol. The number of carbonyl (C=O) groups is 1. The molecule has 0 radical (unpaired) electrons. The van der Waals surface area contributed by atoms with Gasteiger partial charge in [-0.1, -0.05) is 6.07 Å². The fourth-order valence-electron chi connectivity index (χ4n) is 1.47. The molecule has 0 aliphatic heterocycles. The largest absolute Gasteiger partial charge is 0.493 e. The molecule has 0 unspecified atom stereocenters. The highest BCUT2D eigenvalue weighted by atomic mass is 16.5. The molecule has 0 aromatic heterocycles. The maximum absolute atomic E-state index is 11.4. The number of carbonyl (C=O) groups excluding carboxylic acids is 1. The first-order valence-corrected chi connectivity index (χ1v) is 6.19. The number of ether oxygens (including phenoxy) is 3. The van der Waals surface area contributed by atoms with Crippen LogP contribution in [0.1, 0.15) is 19.4 Å². The van der Waals surface area contributed by atoms with E-state index in [0.717, 1.165) is 5.56 Å². The smallest absolute Gasteiger partial charge is 0.332 e. The minimum absolute atomic E-state index is 0.519. The van der Waals surface area contributed by atoms with Crippen molar-refractivity contribution in [3.8, 4) is 17.6 Å². The van der Waals surface area contributed by atoms with Crippen LogP contribution >= 0.6 is 0 Å². The number of esters is 1. The molecule has 1 atom stereocenters. The Labute approximate surface area is 118 Å². The minimum Gasteiger partial charge on any atom is -0.493 e. The number of hydrogen-bond acceptors (Lipinski definition) is 5. The first-order valence-electron chi connectivity index (χ1n) is 6.19. The van der Waals surface area contributed by atoms with Gasteiger partial charge in [0.2, 0.25) is 0 Å². The third-order valence-electron chi connectivity index (χ3n) is 2.37. The van der Waals surface area contributed by atoms with Gasteiger partial charge in [-0.25, -0.2) is 4.79 Å². The van der Waals surface area contributed by atoms with Crippen molar-refractivity contribution in [3.05, 3.63) is 29.8 Å². The molecule has 0 N–H and O–H groups in total. The lowest BCUT2D eigenvalue weighted by molar-refractivity contribution is -0.139. The van der Waals surface area contributed by atoms with Crippen LogP contribution in [0.5, 0.6) is 11.5 Å². The number of benzene rings is 1. The fourth-order valence-corrected chi connectivity index (χ4v) is 1.47. The molecule has 0 aliphatic rings. The molecular formula is C15H17NO4. The maximum Gasteiger partial charge on any atom is 0.332 e. The Morgan fingerprint density at radius 3 is 2.80 bits per heavy atom. The van der Waals surface area contributed by atoms with Gasteiger partial charge in [-0.2, -0.15) is 5.26 Å². The Bertz CT molecular complexity index is 531. The van der Waals surface area contributed by atoms with Crippen molar-refractivity contribution >= 4 is 12.0 Å². The Morgan fingerprint density at radius 2 is 2.20 bits per heavy atom. The molecule has 0 saturated carbocycles. The van der Waals surface area contributed by atoms with E-state index >= 15 is 0 Å². The summed E-state index contributed by atoms with van der Waals surface area (Å²) in [6.07, 6.45) is 2.10. The van der Waals surface area contributed by atoms with E-state index in [9.17, 15) is 4.79 Å². The van der Waals surface area contributed by atoms with Crippen LogP contribution in [-0.4, -0.2) is 25.8 Å². The lowest BCUT2D eigenvalue weighted by atomic mass is 10.2. The summed E-state index contributed by atoms with van der Waals surface area (Å²) in [5, 5.41) is 8.54. The molecule has 5 heteroatoms. The molecule has 0 heterocycles. The summed E-state index contributed by atoms with van der Waals surface area (Å²) in [7, 11) is 1.56. The van der Waals surface area contributed by atoms with Crippen molar-refractivity contribution in [2.24, 2.45) is 0 Å². The van der Waals surface area contributed by atoms with E-state index in [1.54, 1.807) is 31.4 Å². The predicted molar refractivity (Wildman–Crippen MR) is 74.4 cm³/mol. The fraction of sp³-hybridized carbons (Fsp3) is 0.333. The molecule has 0 spiro atoms. The Morgan fingerprint density at radius 1 is 1.45 bits per heavy atom. The van der Waals surface area contributed by atoms with Crippen LogP contribution < -0.4 is 9.47 Å². The highest BCUT2D eigenvalue weighted by molar-refractivity contribution is 5.87. The van der Waals surface area contributed by atoms with Gasteiger partial charge in [0.1, 0.15) is 6.07 Å². The van der Waals surface area contributed by atoms with E-state index in [2.05, 4.69) is 0 Å². The van der Waals surface area contributed by atoms with Crippen molar-refractivity contribution in [1.82, 2.24) is 0 Å². The van der Waals surface area contributed by atoms with Gasteiger partial charge in [-0.05, 0) is 37.6 Å². The number of nitriles is 1. The van der Waals surface area contributed by atoms with Crippen molar-refractivity contribution in [2.75, 3.05) is 13.7 Å². The van der Waals surface area contributed by atoms with Gasteiger partial charge in [0.05, 0.1) is 13.7 Å². The van der Waals surface area contributed by atoms with Crippen molar-refractivity contribution in [1.29, 1.82) is 5.26 Å². The highest BCUT2D eigenvalue weighted by Crippen LogP contribution is 2.28. The van der Waals surface area contributed by atoms with Crippen LogP contribution in [0.2, 0.25) is 0 Å². The van der Waals surface area contributed by atoms with Gasteiger partial charge < -0.3 is 14.2 Å². The van der Waals surface area contributed by atoms with E-state index < -0.39 is 12.1 Å². The standard InChI is InChI=1S/C15H17NO4/c1-4-19-14-9-12(5-7-13(14)18-3)6-8-15(17)20-11(2)10-16/h5-9,11H,4H2,1-3H3/b8-6+/t11-/m1/s1. The van der Waals surface area contributed by atoms with Gasteiger partial charge in [-0.3, -0.25) is 0 Å². The first kappa shape index (κ1) is 15.6. The molecule has 1 rings (SSSR count). The lowest BCUT2D eigenvalue weighted by Crippen LogP contribution is -2.10. The van der Waals surface area contributed by atoms with E-state index in [1.165, 1.54) is 13.0 Å². The van der Waals surface area contributed by atoms with Gasteiger partial charge >= 0.3 is 5.97 Å². The number of methoxy groups -OCH3 is 1. The summed E-state index contributed by atoms with van der Waals surface area (Å²) in [6.45, 7) is 3.90. The second kappa shape index (κ2) is 7.85. The van der Waals surface area contributed by atoms with Gasteiger partial charge in [0.25, 0.3) is 0 Å². The second-order valence-corrected chi connectivity index (χ2v) is 3.88. The van der Waals surface area contributed by atoms with Crippen LogP contribution in [0.4, 0.5) is 0 Å². The van der Waals surface area contributed by atoms with E-state index in [1.807, 2.05) is 13.0 Å². The van der Waals surface area contributed by atoms with Crippen molar-refractivity contribution in [3.63, 3.8) is 0 Å². The Balaban J connectivity index is 2.80. The molecule has 1 aromatic rings. The third kappa shape index (κ3) is 4.65. The maximum atomic E-state index is 11.4. The molecule has 1 aromatic carbocycles. The van der Waals surface area contributed by atoms with Crippen LogP contribution in [0, 0.1) is 11.3 Å². The number of rotatable bonds is 6. The average molecular weight is 275 g/mol. The second-order valence-electron chi connectivity index (χ2n) is 3.88. The number of nitrogens with zero attached hydrogens (tertiary/aromatic N) is 1. The van der Waals surface area contributed by atoms with Gasteiger partial charge in [0.15, 0.2) is 17.6 Å². The predicted octanol–water partition coefficient (Wildman–Crippen LogP) is 2.56. The molecule has 0 amide bonds. The summed E-state index contributed by atoms with van der Waals surface area (Å²) in [4.78, 5) is 11.4. The van der Waals surface area contributed by atoms with E-state index in [0.29, 0.717) is 18.1 Å². The average Bonchev–Trinajstić information content (AvgIpc) is 2.45. The summed E-state index contributed by atoms with van der Waals surface area (Å²) in [5.41, 5.74) is 0.774. The molecule has 0 bridgehead atoms. The molecule has 0 saturated heterocycles. The normalized spacial score (nSPS) is 11.7. The molecule has 0 fully saturated rings. The van der Waals surface area contributed by atoms with Crippen LogP contribution in [0.15, 0.2) is 24.3 Å². The zero-order chi connectivity index (χ0) is 15.0. The minimum atomic E-state index is -0.762. The van der Waals surface area contributed by atoms with E-state index in [4.69, 9.17) is 19.5 Å². The first-order chi connectivity index (χ1) is 9.60. The lowest BCUT2D eigenvalue weighted by Gasteiger charge is -2.09.